The lowest BCUT2D eigenvalue weighted by molar-refractivity contribution is -0.0789. The van der Waals surface area contributed by atoms with Crippen LogP contribution in [0, 0.1) is 23.7 Å². The van der Waals surface area contributed by atoms with Crippen molar-refractivity contribution in [2.45, 2.75) is 38.2 Å². The van der Waals surface area contributed by atoms with Crippen LogP contribution in [0.1, 0.15) is 42.5 Å². The van der Waals surface area contributed by atoms with E-state index >= 15 is 0 Å². The Hall–Kier alpha value is -1.51. The van der Waals surface area contributed by atoms with Gasteiger partial charge >= 0.3 is 5.97 Å². The molecule has 0 radical (unpaired) electrons. The molecule has 3 heteroatoms. The van der Waals surface area contributed by atoms with Crippen LogP contribution in [0.2, 0.25) is 0 Å². The van der Waals surface area contributed by atoms with Crippen molar-refractivity contribution in [1.29, 1.82) is 0 Å². The van der Waals surface area contributed by atoms with E-state index < -0.39 is 5.97 Å². The number of carboxylic acid groups (broad SMARTS) is 1. The predicted molar refractivity (Wildman–Crippen MR) is 74.9 cm³/mol. The molecule has 4 aliphatic carbocycles. The molecule has 0 heterocycles. The molecule has 1 aromatic carbocycles. The number of hydrogen-bond donors (Lipinski definition) is 1. The molecule has 4 bridgehead atoms. The molecule has 106 valence electrons. The zero-order chi connectivity index (χ0) is 13.7. The van der Waals surface area contributed by atoms with E-state index in [1.807, 2.05) is 6.07 Å². The zero-order valence-corrected chi connectivity index (χ0v) is 11.5. The smallest absolute Gasteiger partial charge is 0.335 e. The summed E-state index contributed by atoms with van der Waals surface area (Å²) in [5, 5.41) is 9.06. The standard InChI is InChI=1S/C17H20O3/c18-17(19)12-2-1-3-15(9-12)20-16-13-5-10-4-11(7-13)8-14(16)6-10/h1-3,9-11,13-14,16H,4-8H2,(H,18,19). The lowest BCUT2D eigenvalue weighted by Gasteiger charge is -2.53. The SMILES string of the molecule is O=C(O)c1cccc(OC2C3CC4CC(C3)CC2C4)c1. The van der Waals surface area contributed by atoms with Gasteiger partial charge in [0.05, 0.1) is 5.56 Å². The highest BCUT2D eigenvalue weighted by Crippen LogP contribution is 2.54. The number of carbonyl (C=O) groups is 1. The minimum atomic E-state index is -0.888. The van der Waals surface area contributed by atoms with E-state index in [4.69, 9.17) is 9.84 Å². The number of hydrogen-bond acceptors (Lipinski definition) is 2. The lowest BCUT2D eigenvalue weighted by Crippen LogP contribution is -2.50. The summed E-state index contributed by atoms with van der Waals surface area (Å²) >= 11 is 0. The molecule has 1 aromatic rings. The quantitative estimate of drug-likeness (QED) is 0.914. The molecular formula is C17H20O3. The van der Waals surface area contributed by atoms with Crippen LogP contribution in [0.3, 0.4) is 0 Å². The third-order valence-electron chi connectivity index (χ3n) is 5.49. The molecule has 4 saturated carbocycles. The van der Waals surface area contributed by atoms with Gasteiger partial charge in [-0.05, 0) is 74.0 Å². The van der Waals surface area contributed by atoms with Crippen molar-refractivity contribution in [3.8, 4) is 5.75 Å². The van der Waals surface area contributed by atoms with E-state index in [2.05, 4.69) is 0 Å². The van der Waals surface area contributed by atoms with Gasteiger partial charge in [-0.15, -0.1) is 0 Å². The van der Waals surface area contributed by atoms with Gasteiger partial charge in [-0.25, -0.2) is 4.79 Å². The first-order valence-electron chi connectivity index (χ1n) is 7.69. The van der Waals surface area contributed by atoms with E-state index in [9.17, 15) is 4.79 Å². The Kier molecular flexibility index (Phi) is 2.76. The highest BCUT2D eigenvalue weighted by molar-refractivity contribution is 5.88. The maximum Gasteiger partial charge on any atom is 0.335 e. The lowest BCUT2D eigenvalue weighted by atomic mass is 9.55. The first-order chi connectivity index (χ1) is 9.69. The molecule has 20 heavy (non-hydrogen) atoms. The third-order valence-corrected chi connectivity index (χ3v) is 5.49. The molecule has 0 saturated heterocycles. The first kappa shape index (κ1) is 12.2. The number of ether oxygens (including phenoxy) is 1. The molecule has 4 fully saturated rings. The average molecular weight is 272 g/mol. The van der Waals surface area contributed by atoms with Crippen molar-refractivity contribution in [3.63, 3.8) is 0 Å². The van der Waals surface area contributed by atoms with Crippen molar-refractivity contribution >= 4 is 5.97 Å². The van der Waals surface area contributed by atoms with Crippen LogP contribution in [0.15, 0.2) is 24.3 Å². The van der Waals surface area contributed by atoms with E-state index in [0.29, 0.717) is 23.5 Å². The summed E-state index contributed by atoms with van der Waals surface area (Å²) in [6.45, 7) is 0. The summed E-state index contributed by atoms with van der Waals surface area (Å²) in [6, 6.07) is 6.94. The fourth-order valence-corrected chi connectivity index (χ4v) is 4.93. The van der Waals surface area contributed by atoms with Crippen LogP contribution < -0.4 is 4.74 Å². The largest absolute Gasteiger partial charge is 0.490 e. The summed E-state index contributed by atoms with van der Waals surface area (Å²) in [5.74, 6) is 3.09. The van der Waals surface area contributed by atoms with Crippen LogP contribution in [-0.2, 0) is 0 Å². The predicted octanol–water partition coefficient (Wildman–Crippen LogP) is 3.59. The number of carboxylic acids is 1. The van der Waals surface area contributed by atoms with Gasteiger partial charge in [0.2, 0.25) is 0 Å². The molecule has 4 aliphatic rings. The Balaban J connectivity index is 1.54. The number of benzene rings is 1. The minimum absolute atomic E-state index is 0.311. The number of aromatic carboxylic acids is 1. The van der Waals surface area contributed by atoms with E-state index in [1.165, 1.54) is 32.1 Å². The molecule has 0 amide bonds. The Morgan fingerprint density at radius 2 is 1.70 bits per heavy atom. The summed E-state index contributed by atoms with van der Waals surface area (Å²) in [5.41, 5.74) is 0.311. The Labute approximate surface area is 118 Å². The Morgan fingerprint density at radius 1 is 1.05 bits per heavy atom. The van der Waals surface area contributed by atoms with Gasteiger partial charge < -0.3 is 9.84 Å². The van der Waals surface area contributed by atoms with Crippen molar-refractivity contribution in [3.05, 3.63) is 29.8 Å². The van der Waals surface area contributed by atoms with Crippen LogP contribution in [0.5, 0.6) is 5.75 Å². The van der Waals surface area contributed by atoms with Gasteiger partial charge in [0.25, 0.3) is 0 Å². The molecule has 0 spiro atoms. The van der Waals surface area contributed by atoms with Gasteiger partial charge in [-0.3, -0.25) is 0 Å². The zero-order valence-electron chi connectivity index (χ0n) is 11.5. The highest BCUT2D eigenvalue weighted by Gasteiger charge is 2.49. The second-order valence-electron chi connectivity index (χ2n) is 6.85. The van der Waals surface area contributed by atoms with Crippen LogP contribution in [0.4, 0.5) is 0 Å². The van der Waals surface area contributed by atoms with E-state index in [1.54, 1.807) is 18.2 Å². The molecule has 0 aromatic heterocycles. The van der Waals surface area contributed by atoms with Gasteiger partial charge in [0.1, 0.15) is 11.9 Å². The first-order valence-corrected chi connectivity index (χ1v) is 7.69. The molecule has 5 rings (SSSR count). The van der Waals surface area contributed by atoms with Gasteiger partial charge in [-0.2, -0.15) is 0 Å². The maximum atomic E-state index is 11.0. The number of rotatable bonds is 3. The van der Waals surface area contributed by atoms with Crippen molar-refractivity contribution in [1.82, 2.24) is 0 Å². The summed E-state index contributed by atoms with van der Waals surface area (Å²) in [4.78, 5) is 11.0. The van der Waals surface area contributed by atoms with Gasteiger partial charge in [0, 0.05) is 0 Å². The molecule has 1 N–H and O–H groups in total. The molecular weight excluding hydrogens is 252 g/mol. The second-order valence-corrected chi connectivity index (χ2v) is 6.85. The topological polar surface area (TPSA) is 46.5 Å². The average Bonchev–Trinajstić information content (AvgIpc) is 2.42. The molecule has 0 atom stereocenters. The molecule has 0 unspecified atom stereocenters. The Bertz CT molecular complexity index is 509. The third kappa shape index (κ3) is 2.00. The van der Waals surface area contributed by atoms with Crippen LogP contribution in [0.25, 0.3) is 0 Å². The second kappa shape index (κ2) is 4.51. The minimum Gasteiger partial charge on any atom is -0.490 e. The summed E-state index contributed by atoms with van der Waals surface area (Å²) in [7, 11) is 0. The van der Waals surface area contributed by atoms with Crippen LogP contribution >= 0.6 is 0 Å². The maximum absolute atomic E-state index is 11.0. The summed E-state index contributed by atoms with van der Waals surface area (Å²) < 4.78 is 6.22. The van der Waals surface area contributed by atoms with Crippen molar-refractivity contribution in [2.24, 2.45) is 23.7 Å². The summed E-state index contributed by atoms with van der Waals surface area (Å²) in [6.07, 6.45) is 7.01. The van der Waals surface area contributed by atoms with Crippen molar-refractivity contribution < 1.29 is 14.6 Å². The molecule has 3 nitrogen and oxygen atoms in total. The Morgan fingerprint density at radius 3 is 2.30 bits per heavy atom. The fraction of sp³-hybridized carbons (Fsp3) is 0.588. The van der Waals surface area contributed by atoms with Gasteiger partial charge in [-0.1, -0.05) is 6.07 Å². The van der Waals surface area contributed by atoms with E-state index in [0.717, 1.165) is 17.6 Å². The van der Waals surface area contributed by atoms with Crippen molar-refractivity contribution in [2.75, 3.05) is 0 Å². The monoisotopic (exact) mass is 272 g/mol. The normalized spacial score (nSPS) is 37.9. The fourth-order valence-electron chi connectivity index (χ4n) is 4.93. The van der Waals surface area contributed by atoms with Crippen LogP contribution in [-0.4, -0.2) is 17.2 Å². The molecule has 0 aliphatic heterocycles. The van der Waals surface area contributed by atoms with Gasteiger partial charge in [0.15, 0.2) is 0 Å². The van der Waals surface area contributed by atoms with E-state index in [-0.39, 0.29) is 0 Å². The highest BCUT2D eigenvalue weighted by atomic mass is 16.5.